The minimum absolute atomic E-state index is 0.0684. The number of nitriles is 1. The summed E-state index contributed by atoms with van der Waals surface area (Å²) in [5.74, 6) is 0.574. The van der Waals surface area contributed by atoms with Gasteiger partial charge in [0.15, 0.2) is 11.5 Å². The van der Waals surface area contributed by atoms with Crippen molar-refractivity contribution in [3.63, 3.8) is 0 Å². The van der Waals surface area contributed by atoms with Gasteiger partial charge in [0.1, 0.15) is 31.5 Å². The molecule has 0 atom stereocenters. The molecular weight excluding hydrogens is 258 g/mol. The molecule has 0 saturated heterocycles. The second-order valence-electron chi connectivity index (χ2n) is 3.96. The first-order valence-corrected chi connectivity index (χ1v) is 6.04. The van der Waals surface area contributed by atoms with Crippen molar-refractivity contribution in [1.29, 1.82) is 5.26 Å². The normalized spacial score (nSPS) is 13.2. The van der Waals surface area contributed by atoms with E-state index in [1.807, 2.05) is 6.07 Å². The molecule has 102 valence electrons. The Morgan fingerprint density at radius 3 is 2.85 bits per heavy atom. The van der Waals surface area contributed by atoms with Gasteiger partial charge in [0.05, 0.1) is 0 Å². The Hall–Kier alpha value is -2.74. The third-order valence-corrected chi connectivity index (χ3v) is 2.55. The van der Waals surface area contributed by atoms with Crippen molar-refractivity contribution in [3.8, 4) is 17.6 Å². The van der Waals surface area contributed by atoms with Gasteiger partial charge in [0.25, 0.3) is 0 Å². The molecule has 0 radical (unpaired) electrons. The van der Waals surface area contributed by atoms with Crippen molar-refractivity contribution in [2.24, 2.45) is 0 Å². The second kappa shape index (κ2) is 6.43. The third kappa shape index (κ3) is 3.18. The Morgan fingerprint density at radius 2 is 2.15 bits per heavy atom. The molecule has 5 nitrogen and oxygen atoms in total. The molecule has 0 aliphatic carbocycles. The van der Waals surface area contributed by atoms with Gasteiger partial charge in [-0.05, 0) is 23.8 Å². The first-order valence-electron chi connectivity index (χ1n) is 6.04. The van der Waals surface area contributed by atoms with Crippen molar-refractivity contribution in [3.05, 3.63) is 42.0 Å². The van der Waals surface area contributed by atoms with Crippen LogP contribution in [0.15, 0.2) is 36.4 Å². The van der Waals surface area contributed by atoms with E-state index in [1.54, 1.807) is 18.2 Å². The lowest BCUT2D eigenvalue weighted by Crippen LogP contribution is -2.15. The van der Waals surface area contributed by atoms with Gasteiger partial charge in [-0.2, -0.15) is 5.26 Å². The van der Waals surface area contributed by atoms with Crippen molar-refractivity contribution < 1.29 is 19.0 Å². The lowest BCUT2D eigenvalue weighted by molar-refractivity contribution is -0.137. The molecule has 0 amide bonds. The van der Waals surface area contributed by atoms with Crippen LogP contribution in [0.2, 0.25) is 0 Å². The molecule has 5 heteroatoms. The van der Waals surface area contributed by atoms with Gasteiger partial charge in [-0.1, -0.05) is 18.7 Å². The van der Waals surface area contributed by atoms with Gasteiger partial charge < -0.3 is 14.2 Å². The molecule has 2 rings (SSSR count). The van der Waals surface area contributed by atoms with E-state index in [-0.39, 0.29) is 12.2 Å². The highest BCUT2D eigenvalue weighted by Gasteiger charge is 2.13. The molecule has 0 saturated carbocycles. The number of carbonyl (C=O) groups is 1. The van der Waals surface area contributed by atoms with Crippen LogP contribution in [-0.4, -0.2) is 25.8 Å². The van der Waals surface area contributed by atoms with Gasteiger partial charge in [-0.25, -0.2) is 4.79 Å². The highest BCUT2D eigenvalue weighted by Crippen LogP contribution is 2.31. The minimum atomic E-state index is -0.678. The average Bonchev–Trinajstić information content (AvgIpc) is 2.50. The zero-order chi connectivity index (χ0) is 14.4. The summed E-state index contributed by atoms with van der Waals surface area (Å²) in [7, 11) is 0. The van der Waals surface area contributed by atoms with Crippen molar-refractivity contribution in [1.82, 2.24) is 0 Å². The second-order valence-corrected chi connectivity index (χ2v) is 3.96. The summed E-state index contributed by atoms with van der Waals surface area (Å²) in [6.07, 6.45) is 2.89. The molecule has 1 aromatic carbocycles. The maximum Gasteiger partial charge on any atom is 0.349 e. The van der Waals surface area contributed by atoms with E-state index in [0.29, 0.717) is 30.3 Å². The highest BCUT2D eigenvalue weighted by atomic mass is 16.6. The van der Waals surface area contributed by atoms with E-state index in [9.17, 15) is 4.79 Å². The van der Waals surface area contributed by atoms with Crippen LogP contribution >= 0.6 is 0 Å². The number of carbonyl (C=O) groups excluding carboxylic acids is 1. The fraction of sp³-hybridized carbons (Fsp3) is 0.200. The largest absolute Gasteiger partial charge is 0.486 e. The quantitative estimate of drug-likeness (QED) is 0.363. The fourth-order valence-corrected chi connectivity index (χ4v) is 1.67. The molecule has 1 aromatic rings. The fourth-order valence-electron chi connectivity index (χ4n) is 1.67. The van der Waals surface area contributed by atoms with E-state index in [0.717, 1.165) is 0 Å². The van der Waals surface area contributed by atoms with Crippen LogP contribution in [0.5, 0.6) is 11.5 Å². The highest BCUT2D eigenvalue weighted by molar-refractivity contribution is 5.98. The van der Waals surface area contributed by atoms with E-state index in [1.165, 1.54) is 12.2 Å². The summed E-state index contributed by atoms with van der Waals surface area (Å²) in [5, 5.41) is 8.99. The Morgan fingerprint density at radius 1 is 1.40 bits per heavy atom. The molecule has 20 heavy (non-hydrogen) atoms. The van der Waals surface area contributed by atoms with Crippen LogP contribution in [0.25, 0.3) is 6.08 Å². The molecular formula is C15H13NO4. The lowest BCUT2D eigenvalue weighted by Gasteiger charge is -2.18. The maximum atomic E-state index is 11.6. The van der Waals surface area contributed by atoms with Crippen LogP contribution < -0.4 is 9.47 Å². The Bertz CT molecular complexity index is 598. The standard InChI is InChI=1S/C15H13NO4/c1-2-5-20-15(17)12(10-16)8-11-3-4-13-14(9-11)19-7-6-18-13/h2-4,8-9H,1,5-7H2/b12-8-. The first-order chi connectivity index (χ1) is 9.74. The topological polar surface area (TPSA) is 68.6 Å². The molecule has 0 bridgehead atoms. The number of esters is 1. The number of hydrogen-bond donors (Lipinski definition) is 0. The van der Waals surface area contributed by atoms with E-state index in [2.05, 4.69) is 6.58 Å². The summed E-state index contributed by atoms with van der Waals surface area (Å²) < 4.78 is 15.7. The maximum absolute atomic E-state index is 11.6. The summed E-state index contributed by atoms with van der Waals surface area (Å²) in [4.78, 5) is 11.6. The van der Waals surface area contributed by atoms with E-state index >= 15 is 0 Å². The number of ether oxygens (including phenoxy) is 3. The average molecular weight is 271 g/mol. The third-order valence-electron chi connectivity index (χ3n) is 2.55. The van der Waals surface area contributed by atoms with Crippen LogP contribution in [-0.2, 0) is 9.53 Å². The summed E-state index contributed by atoms with van der Waals surface area (Å²) in [5.41, 5.74) is 0.588. The molecule has 0 spiro atoms. The molecule has 0 N–H and O–H groups in total. The predicted octanol–water partition coefficient (Wildman–Crippen LogP) is 2.09. The molecule has 0 fully saturated rings. The Balaban J connectivity index is 2.21. The molecule has 0 unspecified atom stereocenters. The van der Waals surface area contributed by atoms with Gasteiger partial charge in [0, 0.05) is 0 Å². The summed E-state index contributed by atoms with van der Waals surface area (Å²) >= 11 is 0. The predicted molar refractivity (Wildman–Crippen MR) is 72.2 cm³/mol. The molecule has 1 heterocycles. The smallest absolute Gasteiger partial charge is 0.349 e. The number of hydrogen-bond acceptors (Lipinski definition) is 5. The van der Waals surface area contributed by atoms with Crippen LogP contribution in [0, 0.1) is 11.3 Å². The van der Waals surface area contributed by atoms with Crippen molar-refractivity contribution in [2.45, 2.75) is 0 Å². The summed E-state index contributed by atoms with van der Waals surface area (Å²) in [6.45, 7) is 4.50. The monoisotopic (exact) mass is 271 g/mol. The zero-order valence-corrected chi connectivity index (χ0v) is 10.8. The molecule has 0 aromatic heterocycles. The Kier molecular flexibility index (Phi) is 4.40. The minimum Gasteiger partial charge on any atom is -0.486 e. The van der Waals surface area contributed by atoms with Crippen LogP contribution in [0.4, 0.5) is 0 Å². The van der Waals surface area contributed by atoms with Crippen LogP contribution in [0.3, 0.4) is 0 Å². The van der Waals surface area contributed by atoms with E-state index in [4.69, 9.17) is 19.5 Å². The van der Waals surface area contributed by atoms with Crippen molar-refractivity contribution in [2.75, 3.05) is 19.8 Å². The van der Waals surface area contributed by atoms with E-state index < -0.39 is 5.97 Å². The zero-order valence-electron chi connectivity index (χ0n) is 10.8. The number of nitrogens with zero attached hydrogens (tertiary/aromatic N) is 1. The van der Waals surface area contributed by atoms with Crippen molar-refractivity contribution >= 4 is 12.0 Å². The van der Waals surface area contributed by atoms with Crippen LogP contribution in [0.1, 0.15) is 5.56 Å². The number of rotatable bonds is 4. The SMILES string of the molecule is C=CCOC(=O)/C(C#N)=C\c1ccc2c(c1)OCCO2. The first kappa shape index (κ1) is 13.7. The number of benzene rings is 1. The van der Waals surface area contributed by atoms with Gasteiger partial charge in [0.2, 0.25) is 0 Å². The number of fused-ring (bicyclic) bond motifs is 1. The van der Waals surface area contributed by atoms with Gasteiger partial charge in [-0.15, -0.1) is 0 Å². The Labute approximate surface area is 116 Å². The van der Waals surface area contributed by atoms with Gasteiger partial charge >= 0.3 is 5.97 Å². The molecule has 1 aliphatic rings. The lowest BCUT2D eigenvalue weighted by atomic mass is 10.1. The van der Waals surface area contributed by atoms with Gasteiger partial charge in [-0.3, -0.25) is 0 Å². The molecule has 1 aliphatic heterocycles. The summed E-state index contributed by atoms with van der Waals surface area (Å²) in [6, 6.07) is 7.02.